The molecule has 0 saturated carbocycles. The van der Waals surface area contributed by atoms with E-state index in [1.165, 1.54) is 41.1 Å². The van der Waals surface area contributed by atoms with E-state index in [9.17, 15) is 4.79 Å². The van der Waals surface area contributed by atoms with Crippen LogP contribution in [0.25, 0.3) is 0 Å². The Morgan fingerprint density at radius 2 is 2.04 bits per heavy atom. The van der Waals surface area contributed by atoms with Crippen LogP contribution in [0.5, 0.6) is 0 Å². The first kappa shape index (κ1) is 17.9. The van der Waals surface area contributed by atoms with Gasteiger partial charge in [0.2, 0.25) is 5.13 Å². The zero-order valence-corrected chi connectivity index (χ0v) is 15.1. The molecule has 0 bridgehead atoms. The van der Waals surface area contributed by atoms with Crippen LogP contribution in [0.3, 0.4) is 0 Å². The third-order valence-corrected chi connectivity index (χ3v) is 5.32. The average molecular weight is 386 g/mol. The summed E-state index contributed by atoms with van der Waals surface area (Å²) in [6.07, 6.45) is 4.90. The SMILES string of the molecule is C=CCSc1ncc(Cl)c(C(=O)Nc2nnc(SCC=C)s2)n1. The van der Waals surface area contributed by atoms with Crippen LogP contribution in [0.15, 0.2) is 41.0 Å². The third-order valence-electron chi connectivity index (χ3n) is 2.22. The van der Waals surface area contributed by atoms with Gasteiger partial charge in [-0.2, -0.15) is 0 Å². The molecule has 1 amide bonds. The normalized spacial score (nSPS) is 10.3. The Morgan fingerprint density at radius 1 is 1.30 bits per heavy atom. The van der Waals surface area contributed by atoms with Crippen molar-refractivity contribution in [1.82, 2.24) is 20.2 Å². The summed E-state index contributed by atoms with van der Waals surface area (Å²) < 4.78 is 0.746. The van der Waals surface area contributed by atoms with Crippen molar-refractivity contribution in [3.8, 4) is 0 Å². The van der Waals surface area contributed by atoms with Gasteiger partial charge in [-0.05, 0) is 0 Å². The molecule has 23 heavy (non-hydrogen) atoms. The summed E-state index contributed by atoms with van der Waals surface area (Å²) in [7, 11) is 0. The molecule has 120 valence electrons. The molecule has 0 aliphatic heterocycles. The Hall–Kier alpha value is -1.42. The number of aromatic nitrogens is 4. The molecule has 0 fully saturated rings. The molecule has 0 saturated heterocycles. The highest BCUT2D eigenvalue weighted by Crippen LogP contribution is 2.26. The molecular weight excluding hydrogens is 374 g/mol. The van der Waals surface area contributed by atoms with E-state index < -0.39 is 5.91 Å². The highest BCUT2D eigenvalue weighted by molar-refractivity contribution is 8.01. The number of hydrogen-bond donors (Lipinski definition) is 1. The summed E-state index contributed by atoms with van der Waals surface area (Å²) in [6, 6.07) is 0. The molecule has 0 atom stereocenters. The smallest absolute Gasteiger partial charge is 0.277 e. The fourth-order valence-corrected chi connectivity index (χ4v) is 3.55. The number of rotatable bonds is 8. The van der Waals surface area contributed by atoms with E-state index in [1.807, 2.05) is 0 Å². The molecule has 0 aliphatic rings. The second kappa shape index (κ2) is 9.02. The van der Waals surface area contributed by atoms with Crippen LogP contribution >= 0.6 is 46.5 Å². The van der Waals surface area contributed by atoms with E-state index in [1.54, 1.807) is 12.2 Å². The minimum absolute atomic E-state index is 0.101. The minimum Gasteiger partial charge on any atom is -0.295 e. The Morgan fingerprint density at radius 3 is 2.78 bits per heavy atom. The third kappa shape index (κ3) is 5.31. The lowest BCUT2D eigenvalue weighted by Gasteiger charge is -2.04. The molecule has 1 N–H and O–H groups in total. The molecule has 0 radical (unpaired) electrons. The van der Waals surface area contributed by atoms with E-state index in [2.05, 4.69) is 38.6 Å². The summed E-state index contributed by atoms with van der Waals surface area (Å²) in [4.78, 5) is 20.5. The zero-order valence-electron chi connectivity index (χ0n) is 11.9. The van der Waals surface area contributed by atoms with E-state index in [0.29, 0.717) is 16.0 Å². The average Bonchev–Trinajstić information content (AvgIpc) is 2.99. The Kier molecular flexibility index (Phi) is 7.03. The van der Waals surface area contributed by atoms with Gasteiger partial charge in [0.15, 0.2) is 15.2 Å². The molecule has 2 aromatic rings. The Balaban J connectivity index is 2.08. The molecule has 0 aromatic carbocycles. The van der Waals surface area contributed by atoms with E-state index in [0.717, 1.165) is 10.1 Å². The number of nitrogens with one attached hydrogen (secondary N) is 1. The lowest BCUT2D eigenvalue weighted by Crippen LogP contribution is -2.15. The Bertz CT molecular complexity index is 721. The predicted octanol–water partition coefficient (Wildman–Crippen LogP) is 3.79. The molecular formula is C13H12ClN5OS3. The van der Waals surface area contributed by atoms with Crippen molar-refractivity contribution in [3.05, 3.63) is 42.2 Å². The predicted molar refractivity (Wildman–Crippen MR) is 96.7 cm³/mol. The molecule has 0 aliphatic carbocycles. The molecule has 2 aromatic heterocycles. The summed E-state index contributed by atoms with van der Waals surface area (Å²) in [5, 5.41) is 11.5. The van der Waals surface area contributed by atoms with Gasteiger partial charge < -0.3 is 0 Å². The first-order valence-electron chi connectivity index (χ1n) is 6.28. The topological polar surface area (TPSA) is 80.7 Å². The van der Waals surface area contributed by atoms with Crippen molar-refractivity contribution in [2.75, 3.05) is 16.8 Å². The maximum Gasteiger partial charge on any atom is 0.277 e. The molecule has 0 spiro atoms. The van der Waals surface area contributed by atoms with Crippen molar-refractivity contribution in [2.45, 2.75) is 9.50 Å². The van der Waals surface area contributed by atoms with Gasteiger partial charge in [-0.1, -0.05) is 58.6 Å². The van der Waals surface area contributed by atoms with Gasteiger partial charge in [0, 0.05) is 11.5 Å². The number of anilines is 1. The lowest BCUT2D eigenvalue weighted by atomic mass is 10.4. The number of halogens is 1. The van der Waals surface area contributed by atoms with Crippen LogP contribution in [0.4, 0.5) is 5.13 Å². The van der Waals surface area contributed by atoms with Gasteiger partial charge in [0.1, 0.15) is 0 Å². The second-order valence-electron chi connectivity index (χ2n) is 3.88. The van der Waals surface area contributed by atoms with Gasteiger partial charge in [0.25, 0.3) is 5.91 Å². The fraction of sp³-hybridized carbons (Fsp3) is 0.154. The highest BCUT2D eigenvalue weighted by Gasteiger charge is 2.16. The monoisotopic (exact) mass is 385 g/mol. The first-order chi connectivity index (χ1) is 11.1. The van der Waals surface area contributed by atoms with Gasteiger partial charge in [-0.15, -0.1) is 23.4 Å². The van der Waals surface area contributed by atoms with Crippen molar-refractivity contribution < 1.29 is 4.79 Å². The lowest BCUT2D eigenvalue weighted by molar-refractivity contribution is 0.102. The quantitative estimate of drug-likeness (QED) is 0.320. The molecule has 0 unspecified atom stereocenters. The summed E-state index contributed by atoms with van der Waals surface area (Å²) >= 11 is 10.1. The number of hydrogen-bond acceptors (Lipinski definition) is 8. The van der Waals surface area contributed by atoms with Crippen LogP contribution in [0.2, 0.25) is 5.02 Å². The van der Waals surface area contributed by atoms with Crippen LogP contribution in [0.1, 0.15) is 10.5 Å². The van der Waals surface area contributed by atoms with Crippen LogP contribution in [0, 0.1) is 0 Å². The standard InChI is InChI=1S/C13H12ClN5OS3/c1-3-5-21-11-15-7-8(14)9(16-11)10(20)17-12-18-19-13(23-12)22-6-4-2/h3-4,7H,1-2,5-6H2,(H,17,18,20). The van der Waals surface area contributed by atoms with Gasteiger partial charge in [-0.25, -0.2) is 9.97 Å². The van der Waals surface area contributed by atoms with E-state index in [4.69, 9.17) is 11.6 Å². The van der Waals surface area contributed by atoms with Crippen molar-refractivity contribution in [3.63, 3.8) is 0 Å². The van der Waals surface area contributed by atoms with Crippen molar-refractivity contribution in [1.29, 1.82) is 0 Å². The van der Waals surface area contributed by atoms with Crippen LogP contribution in [-0.2, 0) is 0 Å². The number of carbonyl (C=O) groups excluding carboxylic acids is 1. The summed E-state index contributed by atoms with van der Waals surface area (Å²) in [5.41, 5.74) is 0.101. The number of amides is 1. The van der Waals surface area contributed by atoms with Gasteiger partial charge in [0.05, 0.1) is 11.2 Å². The van der Waals surface area contributed by atoms with Crippen molar-refractivity contribution in [2.24, 2.45) is 0 Å². The summed E-state index contributed by atoms with van der Waals surface area (Å²) in [6.45, 7) is 7.27. The van der Waals surface area contributed by atoms with Crippen LogP contribution in [-0.4, -0.2) is 37.6 Å². The van der Waals surface area contributed by atoms with Gasteiger partial charge in [-0.3, -0.25) is 10.1 Å². The second-order valence-corrected chi connectivity index (χ2v) is 7.51. The zero-order chi connectivity index (χ0) is 16.7. The number of nitrogens with zero attached hydrogens (tertiary/aromatic N) is 4. The molecule has 6 nitrogen and oxygen atoms in total. The van der Waals surface area contributed by atoms with E-state index >= 15 is 0 Å². The molecule has 2 heterocycles. The minimum atomic E-state index is -0.450. The highest BCUT2D eigenvalue weighted by atomic mass is 35.5. The summed E-state index contributed by atoms with van der Waals surface area (Å²) in [5.74, 6) is 0.918. The molecule has 2 rings (SSSR count). The van der Waals surface area contributed by atoms with Crippen LogP contribution < -0.4 is 5.32 Å². The number of thioether (sulfide) groups is 2. The largest absolute Gasteiger partial charge is 0.295 e. The maximum atomic E-state index is 12.3. The van der Waals surface area contributed by atoms with E-state index in [-0.39, 0.29) is 10.7 Å². The first-order valence-corrected chi connectivity index (χ1v) is 9.45. The maximum absolute atomic E-state index is 12.3. The Labute approximate surface area is 150 Å². The number of carbonyl (C=O) groups is 1. The molecule has 10 heteroatoms. The van der Waals surface area contributed by atoms with Gasteiger partial charge >= 0.3 is 0 Å². The fourth-order valence-electron chi connectivity index (χ4n) is 1.32. The van der Waals surface area contributed by atoms with Crippen molar-refractivity contribution >= 4 is 57.5 Å².